The second kappa shape index (κ2) is 10.8. The van der Waals surface area contributed by atoms with E-state index in [1.165, 1.54) is 31.3 Å². The number of benzene rings is 1. The number of esters is 1. The number of nitrogens with one attached hydrogen (secondary N) is 2. The van der Waals surface area contributed by atoms with E-state index in [2.05, 4.69) is 25.1 Å². The van der Waals surface area contributed by atoms with Crippen molar-refractivity contribution in [2.24, 2.45) is 11.7 Å². The highest BCUT2D eigenvalue weighted by atomic mass is 19.3. The Balaban J connectivity index is 1.47. The Morgan fingerprint density at radius 3 is 2.59 bits per heavy atom. The number of nitrogens with two attached hydrogens (primary N) is 1. The Labute approximate surface area is 221 Å². The molecule has 0 saturated carbocycles. The number of rotatable bonds is 8. The standard InChI is InChI=1S/C25H27F2N5O7/c1-4-37-23(35)20-16(9-14-7-8-29-19(10-14)31-21(33)12(2)28)22(34)32(20)24(36)30-13(3)15-5-6-17-18(11-15)39-25(26,27)38-17/h5-8,10-13,16,20H,4,9,28H2,1-3H3,(H,30,36)(H,29,31,33)/t12-,13+,16+,20-/m0/s1. The minimum atomic E-state index is -3.79. The lowest BCUT2D eigenvalue weighted by molar-refractivity contribution is -0.286. The van der Waals surface area contributed by atoms with Gasteiger partial charge >= 0.3 is 18.3 Å². The van der Waals surface area contributed by atoms with E-state index in [1.807, 2.05) is 0 Å². The van der Waals surface area contributed by atoms with Crippen LogP contribution >= 0.6 is 0 Å². The first-order chi connectivity index (χ1) is 18.4. The molecule has 2 aliphatic rings. The molecule has 4 N–H and O–H groups in total. The number of carbonyl (C=O) groups excluding carboxylic acids is 4. The first-order valence-corrected chi connectivity index (χ1v) is 12.1. The van der Waals surface area contributed by atoms with Crippen LogP contribution in [0.25, 0.3) is 0 Å². The third-order valence-corrected chi connectivity index (χ3v) is 6.17. The largest absolute Gasteiger partial charge is 0.586 e. The van der Waals surface area contributed by atoms with Gasteiger partial charge in [0.05, 0.1) is 24.6 Å². The Kier molecular flexibility index (Phi) is 7.67. The van der Waals surface area contributed by atoms with E-state index in [4.69, 9.17) is 10.5 Å². The number of nitrogens with zero attached hydrogens (tertiary/aromatic N) is 2. The van der Waals surface area contributed by atoms with Gasteiger partial charge in [0.15, 0.2) is 17.5 Å². The van der Waals surface area contributed by atoms with Crippen molar-refractivity contribution in [3.8, 4) is 11.5 Å². The summed E-state index contributed by atoms with van der Waals surface area (Å²) in [6.45, 7) is 4.72. The maximum atomic E-state index is 13.3. The molecule has 208 valence electrons. The molecular formula is C25H27F2N5O7. The molecule has 1 aromatic heterocycles. The van der Waals surface area contributed by atoms with E-state index in [1.54, 1.807) is 26.0 Å². The summed E-state index contributed by atoms with van der Waals surface area (Å²) in [6, 6.07) is 3.63. The number of hydrogen-bond donors (Lipinski definition) is 3. The van der Waals surface area contributed by atoms with E-state index in [0.717, 1.165) is 4.90 Å². The van der Waals surface area contributed by atoms with Gasteiger partial charge in [-0.1, -0.05) is 6.07 Å². The minimum Gasteiger partial charge on any atom is -0.464 e. The van der Waals surface area contributed by atoms with Crippen LogP contribution in [0.15, 0.2) is 36.5 Å². The SMILES string of the molecule is CCOC(=O)[C@@H]1[C@@H](Cc2ccnc(NC(=O)[C@H](C)N)c2)C(=O)N1C(=O)N[C@H](C)c1ccc2c(c1)OC(F)(F)O2. The predicted octanol–water partition coefficient (Wildman–Crippen LogP) is 2.09. The maximum Gasteiger partial charge on any atom is 0.586 e. The van der Waals surface area contributed by atoms with Crippen LogP contribution in [0.3, 0.4) is 0 Å². The molecule has 14 heteroatoms. The van der Waals surface area contributed by atoms with E-state index >= 15 is 0 Å². The topological polar surface area (TPSA) is 162 Å². The average Bonchev–Trinajstić information content (AvgIpc) is 3.18. The number of alkyl halides is 2. The van der Waals surface area contributed by atoms with Crippen molar-refractivity contribution in [3.63, 3.8) is 0 Å². The summed E-state index contributed by atoms with van der Waals surface area (Å²) in [5.74, 6) is -2.84. The van der Waals surface area contributed by atoms with E-state index in [-0.39, 0.29) is 30.3 Å². The normalized spacial score (nSPS) is 20.5. The molecule has 1 fully saturated rings. The summed E-state index contributed by atoms with van der Waals surface area (Å²) in [5.41, 5.74) is 6.55. The molecule has 1 saturated heterocycles. The second-order valence-electron chi connectivity index (χ2n) is 9.09. The Hall–Kier alpha value is -4.33. The molecule has 0 unspecified atom stereocenters. The average molecular weight is 548 g/mol. The smallest absolute Gasteiger partial charge is 0.464 e. The van der Waals surface area contributed by atoms with Crippen molar-refractivity contribution in [2.45, 2.75) is 51.6 Å². The second-order valence-corrected chi connectivity index (χ2v) is 9.09. The molecular weight excluding hydrogens is 520 g/mol. The quantitative estimate of drug-likeness (QED) is 0.332. The van der Waals surface area contributed by atoms with Crippen molar-refractivity contribution in [3.05, 3.63) is 47.7 Å². The third kappa shape index (κ3) is 5.90. The summed E-state index contributed by atoms with van der Waals surface area (Å²) < 4.78 is 40.6. The van der Waals surface area contributed by atoms with Crippen molar-refractivity contribution >= 4 is 29.6 Å². The van der Waals surface area contributed by atoms with Gasteiger partial charge in [-0.05, 0) is 62.6 Å². The Morgan fingerprint density at radius 2 is 1.90 bits per heavy atom. The number of anilines is 1. The highest BCUT2D eigenvalue weighted by Gasteiger charge is 2.55. The van der Waals surface area contributed by atoms with Gasteiger partial charge in [0.2, 0.25) is 11.8 Å². The molecule has 2 aliphatic heterocycles. The molecule has 4 atom stereocenters. The van der Waals surface area contributed by atoms with Gasteiger partial charge in [-0.3, -0.25) is 9.59 Å². The van der Waals surface area contributed by atoms with Gasteiger partial charge in [-0.15, -0.1) is 8.78 Å². The van der Waals surface area contributed by atoms with E-state index in [9.17, 15) is 28.0 Å². The zero-order valence-corrected chi connectivity index (χ0v) is 21.3. The molecule has 12 nitrogen and oxygen atoms in total. The molecule has 3 heterocycles. The molecule has 0 aliphatic carbocycles. The number of β-lactam (4-membered cyclic amide) rings is 1. The lowest BCUT2D eigenvalue weighted by atomic mass is 9.82. The first kappa shape index (κ1) is 27.7. The fourth-order valence-corrected chi connectivity index (χ4v) is 4.21. The number of imide groups is 1. The molecule has 4 amide bonds. The summed E-state index contributed by atoms with van der Waals surface area (Å²) in [4.78, 5) is 55.6. The monoisotopic (exact) mass is 547 g/mol. The Morgan fingerprint density at radius 1 is 1.18 bits per heavy atom. The molecule has 0 radical (unpaired) electrons. The maximum absolute atomic E-state index is 13.3. The molecule has 4 rings (SSSR count). The van der Waals surface area contributed by atoms with Gasteiger partial charge in [0.25, 0.3) is 0 Å². The first-order valence-electron chi connectivity index (χ1n) is 12.1. The molecule has 0 bridgehead atoms. The van der Waals surface area contributed by atoms with Crippen molar-refractivity contribution in [1.29, 1.82) is 0 Å². The van der Waals surface area contributed by atoms with Gasteiger partial charge in [-0.2, -0.15) is 0 Å². The summed E-state index contributed by atoms with van der Waals surface area (Å²) in [7, 11) is 0. The van der Waals surface area contributed by atoms with Gasteiger partial charge < -0.3 is 30.6 Å². The highest BCUT2D eigenvalue weighted by molar-refractivity contribution is 6.08. The van der Waals surface area contributed by atoms with Gasteiger partial charge in [0, 0.05) is 6.20 Å². The number of hydrogen-bond acceptors (Lipinski definition) is 9. The fraction of sp³-hybridized carbons (Fsp3) is 0.400. The van der Waals surface area contributed by atoms with Gasteiger partial charge in [0.1, 0.15) is 5.82 Å². The number of fused-ring (bicyclic) bond motifs is 1. The molecule has 0 spiro atoms. The van der Waals surface area contributed by atoms with Crippen molar-refractivity contribution in [1.82, 2.24) is 15.2 Å². The molecule has 39 heavy (non-hydrogen) atoms. The van der Waals surface area contributed by atoms with E-state index < -0.39 is 54.2 Å². The fourth-order valence-electron chi connectivity index (χ4n) is 4.21. The van der Waals surface area contributed by atoms with Crippen LogP contribution in [0, 0.1) is 5.92 Å². The van der Waals surface area contributed by atoms with Crippen molar-refractivity contribution < 1.29 is 42.2 Å². The summed E-state index contributed by atoms with van der Waals surface area (Å²) >= 11 is 0. The number of urea groups is 1. The lowest BCUT2D eigenvalue weighted by Crippen LogP contribution is -2.69. The van der Waals surface area contributed by atoms with Crippen molar-refractivity contribution in [2.75, 3.05) is 11.9 Å². The van der Waals surface area contributed by atoms with Crippen LogP contribution in [0.5, 0.6) is 11.5 Å². The van der Waals surface area contributed by atoms with Crippen LogP contribution in [-0.2, 0) is 25.5 Å². The lowest BCUT2D eigenvalue weighted by Gasteiger charge is -2.44. The summed E-state index contributed by atoms with van der Waals surface area (Å²) in [6.07, 6.45) is -2.28. The number of likely N-dealkylation sites (tertiary alicyclic amines) is 1. The molecule has 1 aromatic carbocycles. The zero-order chi connectivity index (χ0) is 28.5. The summed E-state index contributed by atoms with van der Waals surface area (Å²) in [5, 5.41) is 5.15. The van der Waals surface area contributed by atoms with E-state index in [0.29, 0.717) is 11.1 Å². The highest BCUT2D eigenvalue weighted by Crippen LogP contribution is 2.42. The number of amides is 4. The van der Waals surface area contributed by atoms with Crippen LogP contribution in [-0.4, -0.2) is 58.7 Å². The van der Waals surface area contributed by atoms with Gasteiger partial charge in [-0.25, -0.2) is 19.5 Å². The zero-order valence-electron chi connectivity index (χ0n) is 21.3. The third-order valence-electron chi connectivity index (χ3n) is 6.17. The minimum absolute atomic E-state index is 0.0344. The number of halogens is 2. The number of carbonyl (C=O) groups is 4. The van der Waals surface area contributed by atoms with Crippen LogP contribution in [0.4, 0.5) is 19.4 Å². The van der Waals surface area contributed by atoms with Crippen LogP contribution in [0.1, 0.15) is 37.9 Å². The van der Waals surface area contributed by atoms with Crippen LogP contribution < -0.4 is 25.8 Å². The number of aromatic nitrogens is 1. The Bertz CT molecular complexity index is 1310. The van der Waals surface area contributed by atoms with Crippen LogP contribution in [0.2, 0.25) is 0 Å². The number of pyridine rings is 1. The predicted molar refractivity (Wildman–Crippen MR) is 131 cm³/mol. The molecule has 2 aromatic rings. The number of ether oxygens (including phenoxy) is 3.